The molecule has 0 aliphatic heterocycles. The molecule has 0 heterocycles. The third kappa shape index (κ3) is 3.57. The Labute approximate surface area is 149 Å². The Morgan fingerprint density at radius 3 is 1.12 bits per heavy atom. The molecule has 5 heteroatoms. The third-order valence-electron chi connectivity index (χ3n) is 4.35. The molecule has 0 atom stereocenters. The predicted octanol–water partition coefficient (Wildman–Crippen LogP) is 4.35. The molecule has 4 nitrogen and oxygen atoms in total. The summed E-state index contributed by atoms with van der Waals surface area (Å²) in [5, 5.41) is 0. The lowest BCUT2D eigenvalue weighted by Crippen LogP contribution is -2.19. The Balaban J connectivity index is 2.56. The van der Waals surface area contributed by atoms with Crippen LogP contribution in [0.5, 0.6) is 0 Å². The van der Waals surface area contributed by atoms with Crippen molar-refractivity contribution in [3.8, 4) is 0 Å². The maximum atomic E-state index is 12.9. The first-order valence-corrected chi connectivity index (χ1v) is 9.76. The van der Waals surface area contributed by atoms with E-state index in [1.807, 2.05) is 13.8 Å². The van der Waals surface area contributed by atoms with Gasteiger partial charge in [-0.05, 0) is 63.8 Å². The summed E-state index contributed by atoms with van der Waals surface area (Å²) in [4.78, 5) is 46.8. The topological polar surface area (TPSA) is 74.6 Å². The van der Waals surface area contributed by atoms with E-state index in [4.69, 9.17) is 0 Å². The molecule has 2 rings (SSSR count). The molecule has 0 spiro atoms. The Morgan fingerprint density at radius 2 is 0.880 bits per heavy atom. The molecule has 0 unspecified atom stereocenters. The average molecular weight is 359 g/mol. The SMILES string of the molecule is Cc1cc(C)c(C(=O)[P+](O)(O)C(=O)c2c(C)cc(C)cc2C)c(C)c1. The molecule has 0 aromatic heterocycles. The molecule has 0 radical (unpaired) electrons. The van der Waals surface area contributed by atoms with Gasteiger partial charge in [-0.2, -0.15) is 0 Å². The van der Waals surface area contributed by atoms with Gasteiger partial charge < -0.3 is 0 Å². The summed E-state index contributed by atoms with van der Waals surface area (Å²) in [6.45, 7) is 10.7. The maximum Gasteiger partial charge on any atom is 0.418 e. The third-order valence-corrected chi connectivity index (χ3v) is 5.93. The van der Waals surface area contributed by atoms with Gasteiger partial charge in [0.15, 0.2) is 0 Å². The largest absolute Gasteiger partial charge is 0.418 e. The monoisotopic (exact) mass is 359 g/mol. The standard InChI is InChI=1S/C20H24O4P/c1-11-7-13(3)17(14(4)8-11)19(21)25(23,24)20(22)18-15(5)9-12(2)10-16(18)6/h7-10,23-24H,1-6H3/q+1. The number of hydrogen-bond donors (Lipinski definition) is 2. The van der Waals surface area contributed by atoms with Crippen molar-refractivity contribution in [1.82, 2.24) is 0 Å². The van der Waals surface area contributed by atoms with Crippen LogP contribution in [0, 0.1) is 41.5 Å². The van der Waals surface area contributed by atoms with Crippen molar-refractivity contribution in [2.24, 2.45) is 0 Å². The summed E-state index contributed by atoms with van der Waals surface area (Å²) >= 11 is 0. The molecule has 2 N–H and O–H groups in total. The molecule has 25 heavy (non-hydrogen) atoms. The summed E-state index contributed by atoms with van der Waals surface area (Å²) in [5.41, 5.74) is 3.18. The summed E-state index contributed by atoms with van der Waals surface area (Å²) < 4.78 is 0. The minimum absolute atomic E-state index is 0.222. The molecule has 0 bridgehead atoms. The Morgan fingerprint density at radius 1 is 0.640 bits per heavy atom. The van der Waals surface area contributed by atoms with E-state index < -0.39 is 18.8 Å². The van der Waals surface area contributed by atoms with E-state index in [0.29, 0.717) is 22.3 Å². The lowest BCUT2D eigenvalue weighted by Gasteiger charge is -2.15. The quantitative estimate of drug-likeness (QED) is 0.796. The van der Waals surface area contributed by atoms with Gasteiger partial charge in [-0.25, -0.2) is 19.4 Å². The second-order valence-corrected chi connectivity index (χ2v) is 8.77. The molecular weight excluding hydrogens is 335 g/mol. The van der Waals surface area contributed by atoms with Crippen LogP contribution in [0.25, 0.3) is 0 Å². The molecule has 132 valence electrons. The van der Waals surface area contributed by atoms with E-state index in [1.165, 1.54) is 0 Å². The zero-order chi connectivity index (χ0) is 19.1. The molecule has 0 aliphatic rings. The van der Waals surface area contributed by atoms with E-state index in [2.05, 4.69) is 0 Å². The van der Waals surface area contributed by atoms with Crippen molar-refractivity contribution >= 4 is 18.8 Å². The molecule has 0 fully saturated rings. The fourth-order valence-corrected chi connectivity index (χ4v) is 4.95. The Kier molecular flexibility index (Phi) is 5.29. The summed E-state index contributed by atoms with van der Waals surface area (Å²) in [6.07, 6.45) is 0. The predicted molar refractivity (Wildman–Crippen MR) is 101 cm³/mol. The van der Waals surface area contributed by atoms with E-state index in [-0.39, 0.29) is 11.1 Å². The highest BCUT2D eigenvalue weighted by atomic mass is 31.2. The first-order valence-electron chi connectivity index (χ1n) is 8.06. The second-order valence-electron chi connectivity index (χ2n) is 6.76. The normalized spacial score (nSPS) is 11.5. The minimum Gasteiger partial charge on any atom is -0.240 e. The van der Waals surface area contributed by atoms with Crippen LogP contribution in [0.1, 0.15) is 54.1 Å². The lowest BCUT2D eigenvalue weighted by atomic mass is 10.0. The van der Waals surface area contributed by atoms with Crippen LogP contribution in [0.15, 0.2) is 24.3 Å². The molecule has 2 aromatic carbocycles. The van der Waals surface area contributed by atoms with Gasteiger partial charge in [-0.3, -0.25) is 0 Å². The first-order chi connectivity index (χ1) is 11.5. The molecule has 0 aliphatic carbocycles. The zero-order valence-corrected chi connectivity index (χ0v) is 16.4. The highest BCUT2D eigenvalue weighted by Crippen LogP contribution is 2.57. The molecular formula is C20H24O4P+. The molecule has 0 amide bonds. The summed E-state index contributed by atoms with van der Waals surface area (Å²) in [7, 11) is -4.48. The van der Waals surface area contributed by atoms with Gasteiger partial charge in [0.1, 0.15) is 0 Å². The van der Waals surface area contributed by atoms with Gasteiger partial charge in [-0.1, -0.05) is 35.4 Å². The fraction of sp³-hybridized carbons (Fsp3) is 0.300. The Hall–Kier alpha value is -1.87. The zero-order valence-electron chi connectivity index (χ0n) is 15.5. The van der Waals surface area contributed by atoms with E-state index in [1.54, 1.807) is 52.0 Å². The second kappa shape index (κ2) is 6.80. The van der Waals surface area contributed by atoms with E-state index >= 15 is 0 Å². The van der Waals surface area contributed by atoms with Crippen molar-refractivity contribution in [3.63, 3.8) is 0 Å². The minimum atomic E-state index is -4.48. The number of hydrogen-bond acceptors (Lipinski definition) is 4. The molecule has 0 saturated heterocycles. The summed E-state index contributed by atoms with van der Waals surface area (Å²) in [5.74, 6) is 0. The highest BCUT2D eigenvalue weighted by molar-refractivity contribution is 7.96. The van der Waals surface area contributed by atoms with Crippen LogP contribution < -0.4 is 0 Å². The highest BCUT2D eigenvalue weighted by Gasteiger charge is 2.55. The Bertz CT molecular complexity index is 764. The van der Waals surface area contributed by atoms with Crippen LogP contribution in [-0.2, 0) is 0 Å². The number of carbonyl (C=O) groups is 2. The first kappa shape index (κ1) is 19.5. The molecule has 2 aromatic rings. The smallest absolute Gasteiger partial charge is 0.240 e. The van der Waals surface area contributed by atoms with Gasteiger partial charge in [-0.15, -0.1) is 0 Å². The van der Waals surface area contributed by atoms with Gasteiger partial charge in [0.25, 0.3) is 0 Å². The maximum absolute atomic E-state index is 12.9. The van der Waals surface area contributed by atoms with Gasteiger partial charge >= 0.3 is 18.8 Å². The van der Waals surface area contributed by atoms with Crippen molar-refractivity contribution in [2.75, 3.05) is 0 Å². The van der Waals surface area contributed by atoms with E-state index in [0.717, 1.165) is 11.1 Å². The van der Waals surface area contributed by atoms with Crippen molar-refractivity contribution < 1.29 is 19.4 Å². The van der Waals surface area contributed by atoms with Gasteiger partial charge in [0.05, 0.1) is 11.1 Å². The summed E-state index contributed by atoms with van der Waals surface area (Å²) in [6, 6.07) is 7.19. The van der Waals surface area contributed by atoms with Gasteiger partial charge in [0, 0.05) is 0 Å². The van der Waals surface area contributed by atoms with Crippen LogP contribution in [0.4, 0.5) is 0 Å². The van der Waals surface area contributed by atoms with Crippen molar-refractivity contribution in [1.29, 1.82) is 0 Å². The fourth-order valence-electron chi connectivity index (χ4n) is 3.44. The number of rotatable bonds is 4. The lowest BCUT2D eigenvalue weighted by molar-refractivity contribution is 0.0994. The molecule has 0 saturated carbocycles. The van der Waals surface area contributed by atoms with Crippen molar-refractivity contribution in [3.05, 3.63) is 68.8 Å². The van der Waals surface area contributed by atoms with Crippen LogP contribution in [-0.4, -0.2) is 20.8 Å². The van der Waals surface area contributed by atoms with Crippen LogP contribution in [0.2, 0.25) is 0 Å². The van der Waals surface area contributed by atoms with Crippen LogP contribution >= 0.6 is 7.72 Å². The van der Waals surface area contributed by atoms with Crippen molar-refractivity contribution in [2.45, 2.75) is 41.5 Å². The van der Waals surface area contributed by atoms with Gasteiger partial charge in [0.2, 0.25) is 0 Å². The average Bonchev–Trinajstić information content (AvgIpc) is 2.44. The number of aryl methyl sites for hydroxylation is 6. The number of carbonyl (C=O) groups excluding carboxylic acids is 2. The number of benzene rings is 2. The van der Waals surface area contributed by atoms with E-state index in [9.17, 15) is 19.4 Å². The van der Waals surface area contributed by atoms with Crippen LogP contribution in [0.3, 0.4) is 0 Å².